The minimum absolute atomic E-state index is 0.0307. The predicted octanol–water partition coefficient (Wildman–Crippen LogP) is 3.50. The van der Waals surface area contributed by atoms with Gasteiger partial charge in [-0.1, -0.05) is 54.6 Å². The number of esters is 1. The second-order valence-electron chi connectivity index (χ2n) is 8.99. The Hall–Kier alpha value is -3.28. The molecule has 2 saturated carbocycles. The van der Waals surface area contributed by atoms with E-state index in [2.05, 4.69) is 0 Å². The van der Waals surface area contributed by atoms with E-state index >= 15 is 0 Å². The van der Waals surface area contributed by atoms with Gasteiger partial charge in [0.25, 0.3) is 0 Å². The number of ether oxygens (including phenoxy) is 1. The van der Waals surface area contributed by atoms with Crippen LogP contribution in [0.3, 0.4) is 0 Å². The second-order valence-corrected chi connectivity index (χ2v) is 8.99. The van der Waals surface area contributed by atoms with Gasteiger partial charge in [-0.3, -0.25) is 24.1 Å². The van der Waals surface area contributed by atoms with Gasteiger partial charge in [-0.15, -0.1) is 0 Å². The van der Waals surface area contributed by atoms with E-state index in [0.717, 1.165) is 30.4 Å². The van der Waals surface area contributed by atoms with Crippen LogP contribution in [0.15, 0.2) is 54.6 Å². The molecule has 2 bridgehead atoms. The van der Waals surface area contributed by atoms with Gasteiger partial charge in [0, 0.05) is 12.1 Å². The molecule has 0 radical (unpaired) electrons. The third-order valence-corrected chi connectivity index (χ3v) is 7.24. The lowest BCUT2D eigenvalue weighted by Gasteiger charge is -2.19. The summed E-state index contributed by atoms with van der Waals surface area (Å²) in [5.74, 6) is -0.856. The summed E-state index contributed by atoms with van der Waals surface area (Å²) in [6.07, 6.45) is 2.94. The molecule has 3 aliphatic rings. The molecule has 1 heterocycles. The number of nitrogens with zero attached hydrogens (tertiary/aromatic N) is 1. The first kappa shape index (κ1) is 20.6. The van der Waals surface area contributed by atoms with E-state index in [-0.39, 0.29) is 49.0 Å². The summed E-state index contributed by atoms with van der Waals surface area (Å²) in [5.41, 5.74) is 2.52. The molecule has 6 nitrogen and oxygen atoms in total. The maximum absolute atomic E-state index is 12.7. The molecule has 2 aromatic rings. The van der Waals surface area contributed by atoms with Crippen LogP contribution in [-0.4, -0.2) is 41.6 Å². The maximum Gasteiger partial charge on any atom is 0.308 e. The number of hydrogen-bond acceptors (Lipinski definition) is 5. The Balaban J connectivity index is 1.11. The number of rotatable bonds is 7. The SMILES string of the molecule is O=C(CCN1C(=O)[C@H]2[C@H]3CC[C@@H](C3)[C@@H]2C1=O)OCC(=O)c1ccc(-c2ccccc2)cc1. The van der Waals surface area contributed by atoms with E-state index < -0.39 is 5.97 Å². The zero-order chi connectivity index (χ0) is 22.2. The normalized spacial score (nSPS) is 25.8. The molecule has 2 amide bonds. The van der Waals surface area contributed by atoms with Gasteiger partial charge >= 0.3 is 5.97 Å². The molecular formula is C26H25NO5. The molecule has 1 aliphatic heterocycles. The summed E-state index contributed by atoms with van der Waals surface area (Å²) >= 11 is 0. The van der Waals surface area contributed by atoms with Crippen molar-refractivity contribution >= 4 is 23.6 Å². The molecule has 0 spiro atoms. The molecule has 2 aliphatic carbocycles. The van der Waals surface area contributed by atoms with Gasteiger partial charge in [0.1, 0.15) is 0 Å². The molecule has 0 unspecified atom stereocenters. The maximum atomic E-state index is 12.7. The molecule has 164 valence electrons. The lowest BCUT2D eigenvalue weighted by atomic mass is 9.81. The topological polar surface area (TPSA) is 80.8 Å². The lowest BCUT2D eigenvalue weighted by molar-refractivity contribution is -0.145. The highest BCUT2D eigenvalue weighted by molar-refractivity contribution is 6.06. The summed E-state index contributed by atoms with van der Waals surface area (Å²) < 4.78 is 5.11. The minimum atomic E-state index is -0.583. The highest BCUT2D eigenvalue weighted by atomic mass is 16.5. The molecule has 0 aromatic heterocycles. The average Bonchev–Trinajstić information content (AvgIpc) is 3.51. The number of fused-ring (bicyclic) bond motifs is 5. The number of Topliss-reactive ketones (excluding diaryl/α,β-unsaturated/α-hetero) is 1. The molecule has 1 saturated heterocycles. The Morgan fingerprint density at radius 2 is 1.44 bits per heavy atom. The highest BCUT2D eigenvalue weighted by Crippen LogP contribution is 2.56. The van der Waals surface area contributed by atoms with E-state index in [4.69, 9.17) is 4.74 Å². The van der Waals surface area contributed by atoms with Crippen molar-refractivity contribution in [1.82, 2.24) is 4.90 Å². The summed E-state index contributed by atoms with van der Waals surface area (Å²) in [4.78, 5) is 51.1. The van der Waals surface area contributed by atoms with Crippen LogP contribution in [-0.2, 0) is 19.1 Å². The molecule has 0 N–H and O–H groups in total. The van der Waals surface area contributed by atoms with Crippen molar-refractivity contribution in [3.05, 3.63) is 60.2 Å². The number of likely N-dealkylation sites (tertiary alicyclic amines) is 1. The van der Waals surface area contributed by atoms with Crippen molar-refractivity contribution in [2.75, 3.05) is 13.2 Å². The van der Waals surface area contributed by atoms with Crippen LogP contribution in [0.25, 0.3) is 11.1 Å². The Labute approximate surface area is 186 Å². The Bertz CT molecular complexity index is 1030. The fourth-order valence-corrected chi connectivity index (χ4v) is 5.67. The summed E-state index contributed by atoms with van der Waals surface area (Å²) in [5, 5.41) is 0. The first-order chi connectivity index (χ1) is 15.5. The summed E-state index contributed by atoms with van der Waals surface area (Å²) in [7, 11) is 0. The van der Waals surface area contributed by atoms with Crippen molar-refractivity contribution < 1.29 is 23.9 Å². The monoisotopic (exact) mass is 431 g/mol. The zero-order valence-electron chi connectivity index (χ0n) is 17.7. The Morgan fingerprint density at radius 3 is 2.06 bits per heavy atom. The molecular weight excluding hydrogens is 406 g/mol. The number of imide groups is 1. The van der Waals surface area contributed by atoms with Crippen LogP contribution in [0.4, 0.5) is 0 Å². The van der Waals surface area contributed by atoms with Gasteiger partial charge < -0.3 is 4.74 Å². The zero-order valence-corrected chi connectivity index (χ0v) is 17.7. The molecule has 32 heavy (non-hydrogen) atoms. The molecule has 3 fully saturated rings. The van der Waals surface area contributed by atoms with Crippen molar-refractivity contribution in [2.24, 2.45) is 23.7 Å². The number of benzene rings is 2. The summed E-state index contributed by atoms with van der Waals surface area (Å²) in [6.45, 7) is -0.330. The third kappa shape index (κ3) is 3.64. The molecule has 5 rings (SSSR count). The van der Waals surface area contributed by atoms with Crippen LogP contribution in [0.2, 0.25) is 0 Å². The fraction of sp³-hybridized carbons (Fsp3) is 0.385. The number of carbonyl (C=O) groups is 4. The predicted molar refractivity (Wildman–Crippen MR) is 116 cm³/mol. The quantitative estimate of drug-likeness (QED) is 0.381. The van der Waals surface area contributed by atoms with Crippen LogP contribution >= 0.6 is 0 Å². The standard InChI is InChI=1S/C26H25NO5/c28-21(18-8-6-17(7-9-18)16-4-2-1-3-5-16)15-32-22(29)12-13-27-25(30)23-19-10-11-20(14-19)24(23)26(27)31/h1-9,19-20,23-24H,10-15H2/t19-,20-,23-,24-/m0/s1. The Morgan fingerprint density at radius 1 is 0.844 bits per heavy atom. The molecule has 4 atom stereocenters. The van der Waals surface area contributed by atoms with Crippen LogP contribution in [0.1, 0.15) is 36.0 Å². The number of carbonyl (C=O) groups excluding carboxylic acids is 4. The molecule has 2 aromatic carbocycles. The van der Waals surface area contributed by atoms with Crippen molar-refractivity contribution in [3.8, 4) is 11.1 Å². The smallest absolute Gasteiger partial charge is 0.308 e. The lowest BCUT2D eigenvalue weighted by Crippen LogP contribution is -2.35. The molecule has 6 heteroatoms. The van der Waals surface area contributed by atoms with Crippen molar-refractivity contribution in [2.45, 2.75) is 25.7 Å². The Kier molecular flexibility index (Phi) is 5.37. The van der Waals surface area contributed by atoms with E-state index in [1.807, 2.05) is 42.5 Å². The average molecular weight is 431 g/mol. The van der Waals surface area contributed by atoms with Gasteiger partial charge in [-0.05, 0) is 42.2 Å². The minimum Gasteiger partial charge on any atom is -0.457 e. The van der Waals surface area contributed by atoms with Gasteiger partial charge in [0.15, 0.2) is 12.4 Å². The first-order valence-electron chi connectivity index (χ1n) is 11.2. The van der Waals surface area contributed by atoms with E-state index in [0.29, 0.717) is 17.4 Å². The van der Waals surface area contributed by atoms with Crippen LogP contribution in [0, 0.1) is 23.7 Å². The van der Waals surface area contributed by atoms with Gasteiger partial charge in [0.05, 0.1) is 18.3 Å². The number of amides is 2. The van der Waals surface area contributed by atoms with Gasteiger partial charge in [-0.2, -0.15) is 0 Å². The first-order valence-corrected chi connectivity index (χ1v) is 11.2. The van der Waals surface area contributed by atoms with E-state index in [9.17, 15) is 19.2 Å². The second kappa shape index (κ2) is 8.34. The summed E-state index contributed by atoms with van der Waals surface area (Å²) in [6, 6.07) is 17.0. The van der Waals surface area contributed by atoms with Crippen LogP contribution in [0.5, 0.6) is 0 Å². The third-order valence-electron chi connectivity index (χ3n) is 7.24. The number of ketones is 1. The van der Waals surface area contributed by atoms with Gasteiger partial charge in [-0.25, -0.2) is 0 Å². The van der Waals surface area contributed by atoms with Gasteiger partial charge in [0.2, 0.25) is 11.8 Å². The van der Waals surface area contributed by atoms with Crippen molar-refractivity contribution in [1.29, 1.82) is 0 Å². The van der Waals surface area contributed by atoms with Crippen LogP contribution < -0.4 is 0 Å². The number of hydrogen-bond donors (Lipinski definition) is 0. The highest BCUT2D eigenvalue weighted by Gasteiger charge is 2.60. The largest absolute Gasteiger partial charge is 0.457 e. The van der Waals surface area contributed by atoms with E-state index in [1.165, 1.54) is 4.90 Å². The fourth-order valence-electron chi connectivity index (χ4n) is 5.67. The van der Waals surface area contributed by atoms with E-state index in [1.54, 1.807) is 12.1 Å². The van der Waals surface area contributed by atoms with Crippen molar-refractivity contribution in [3.63, 3.8) is 0 Å².